The third kappa shape index (κ3) is 4.25. The molecule has 5 heteroatoms. The van der Waals surface area contributed by atoms with Gasteiger partial charge >= 0.3 is 0 Å². The first-order chi connectivity index (χ1) is 9.22. The molecule has 19 heavy (non-hydrogen) atoms. The molecule has 0 spiro atoms. The Labute approximate surface area is 133 Å². The second-order valence-corrected chi connectivity index (χ2v) is 6.38. The zero-order chi connectivity index (χ0) is 13.7. The van der Waals surface area contributed by atoms with Crippen LogP contribution in [0.1, 0.15) is 12.8 Å². The molecule has 1 heterocycles. The summed E-state index contributed by atoms with van der Waals surface area (Å²) in [5.74, 6) is 0. The number of unbranched alkanes of at least 4 members (excludes halogenated alkanes) is 1. The molecular weight excluding hydrogens is 347 g/mol. The Kier molecular flexibility index (Phi) is 6.27. The monoisotopic (exact) mass is 364 g/mol. The first kappa shape index (κ1) is 15.4. The number of benzene rings is 1. The summed E-state index contributed by atoms with van der Waals surface area (Å²) in [4.78, 5) is 4.85. The fourth-order valence-corrected chi connectivity index (χ4v) is 3.19. The van der Waals surface area contributed by atoms with Gasteiger partial charge in [-0.05, 0) is 31.5 Å². The van der Waals surface area contributed by atoms with Crippen molar-refractivity contribution in [1.29, 1.82) is 0 Å². The molecule has 0 unspecified atom stereocenters. The maximum Gasteiger partial charge on any atom is 0.0825 e. The summed E-state index contributed by atoms with van der Waals surface area (Å²) in [5, 5.41) is 2.42. The predicted molar refractivity (Wildman–Crippen MR) is 88.1 cm³/mol. The summed E-state index contributed by atoms with van der Waals surface area (Å²) in [6, 6.07) is 5.85. The van der Waals surface area contributed by atoms with E-state index < -0.39 is 0 Å². The van der Waals surface area contributed by atoms with Crippen LogP contribution in [0.5, 0.6) is 0 Å². The number of nitrogens with zero attached hydrogens (tertiary/aromatic N) is 2. The summed E-state index contributed by atoms with van der Waals surface area (Å²) in [6.45, 7) is 5.45. The first-order valence-electron chi connectivity index (χ1n) is 6.69. The smallest absolute Gasteiger partial charge is 0.0825 e. The van der Waals surface area contributed by atoms with Gasteiger partial charge in [0.1, 0.15) is 0 Å². The van der Waals surface area contributed by atoms with E-state index in [1.54, 1.807) is 0 Å². The molecule has 0 bridgehead atoms. The van der Waals surface area contributed by atoms with Crippen LogP contribution in [0.4, 0.5) is 5.69 Å². The Morgan fingerprint density at radius 1 is 1.05 bits per heavy atom. The lowest BCUT2D eigenvalue weighted by Crippen LogP contribution is -2.46. The molecule has 106 valence electrons. The summed E-state index contributed by atoms with van der Waals surface area (Å²) in [5.41, 5.74) is 1.06. The van der Waals surface area contributed by atoms with Crippen LogP contribution in [0.3, 0.4) is 0 Å². The molecule has 1 saturated heterocycles. The molecule has 0 atom stereocenters. The first-order valence-corrected chi connectivity index (χ1v) is 8.57. The Morgan fingerprint density at radius 2 is 1.79 bits per heavy atom. The summed E-state index contributed by atoms with van der Waals surface area (Å²) in [6.07, 6.45) is 2.52. The standard InChI is InChI=1S/C14H19BrCl2N2/c15-6-1-2-7-18-8-10-19(11-9-18)13-5-3-4-12(16)14(13)17/h3-5H,1-2,6-11H2. The average molecular weight is 366 g/mol. The van der Waals surface area contributed by atoms with Crippen LogP contribution in [0.2, 0.25) is 10.0 Å². The highest BCUT2D eigenvalue weighted by Crippen LogP contribution is 2.32. The van der Waals surface area contributed by atoms with E-state index in [9.17, 15) is 0 Å². The molecule has 1 fully saturated rings. The molecule has 0 N–H and O–H groups in total. The molecule has 2 rings (SSSR count). The number of halogens is 3. The third-order valence-corrected chi connectivity index (χ3v) is 4.87. The molecule has 2 nitrogen and oxygen atoms in total. The molecule has 1 aromatic carbocycles. The fourth-order valence-electron chi connectivity index (χ4n) is 2.38. The maximum atomic E-state index is 6.27. The number of anilines is 1. The van der Waals surface area contributed by atoms with Crippen molar-refractivity contribution in [3.8, 4) is 0 Å². The second-order valence-electron chi connectivity index (χ2n) is 4.80. The van der Waals surface area contributed by atoms with Gasteiger partial charge in [0.05, 0.1) is 15.7 Å². The molecule has 1 aromatic rings. The largest absolute Gasteiger partial charge is 0.368 e. The quantitative estimate of drug-likeness (QED) is 0.567. The van der Waals surface area contributed by atoms with Crippen LogP contribution < -0.4 is 4.90 Å². The van der Waals surface area contributed by atoms with Crippen molar-refractivity contribution in [3.63, 3.8) is 0 Å². The molecule has 0 saturated carbocycles. The Bertz CT molecular complexity index is 406. The van der Waals surface area contributed by atoms with Gasteiger partial charge in [0.25, 0.3) is 0 Å². The molecular formula is C14H19BrCl2N2. The van der Waals surface area contributed by atoms with Crippen molar-refractivity contribution in [2.45, 2.75) is 12.8 Å². The van der Waals surface area contributed by atoms with E-state index in [-0.39, 0.29) is 0 Å². The third-order valence-electron chi connectivity index (χ3n) is 3.50. The normalized spacial score (nSPS) is 16.9. The second kappa shape index (κ2) is 7.72. The van der Waals surface area contributed by atoms with Crippen molar-refractivity contribution in [2.75, 3.05) is 43.0 Å². The topological polar surface area (TPSA) is 6.48 Å². The van der Waals surface area contributed by atoms with Crippen LogP contribution >= 0.6 is 39.1 Å². The highest BCUT2D eigenvalue weighted by atomic mass is 79.9. The van der Waals surface area contributed by atoms with Gasteiger partial charge in [0.2, 0.25) is 0 Å². The average Bonchev–Trinajstić information content (AvgIpc) is 2.43. The Morgan fingerprint density at radius 3 is 2.47 bits per heavy atom. The Balaban J connectivity index is 1.87. The molecule has 0 aromatic heterocycles. The highest BCUT2D eigenvalue weighted by Gasteiger charge is 2.19. The van der Waals surface area contributed by atoms with Gasteiger partial charge in [-0.25, -0.2) is 0 Å². The maximum absolute atomic E-state index is 6.27. The molecule has 0 radical (unpaired) electrons. The van der Waals surface area contributed by atoms with Gasteiger partial charge in [-0.3, -0.25) is 4.90 Å². The van der Waals surface area contributed by atoms with Gasteiger partial charge in [-0.1, -0.05) is 45.2 Å². The van der Waals surface area contributed by atoms with Crippen LogP contribution in [-0.4, -0.2) is 43.0 Å². The van der Waals surface area contributed by atoms with E-state index in [0.717, 1.165) is 37.2 Å². The van der Waals surface area contributed by atoms with E-state index in [0.29, 0.717) is 10.0 Å². The zero-order valence-corrected chi connectivity index (χ0v) is 14.0. The number of hydrogen-bond acceptors (Lipinski definition) is 2. The molecule has 1 aliphatic rings. The van der Waals surface area contributed by atoms with E-state index in [1.165, 1.54) is 19.4 Å². The van der Waals surface area contributed by atoms with Gasteiger partial charge in [0.15, 0.2) is 0 Å². The molecule has 0 aliphatic carbocycles. The lowest BCUT2D eigenvalue weighted by Gasteiger charge is -2.36. The van der Waals surface area contributed by atoms with E-state index in [4.69, 9.17) is 23.2 Å². The zero-order valence-electron chi connectivity index (χ0n) is 10.9. The minimum atomic E-state index is 0.638. The van der Waals surface area contributed by atoms with E-state index in [1.807, 2.05) is 12.1 Å². The SMILES string of the molecule is Clc1cccc(N2CCN(CCCCBr)CC2)c1Cl. The van der Waals surface area contributed by atoms with Gasteiger partial charge in [-0.2, -0.15) is 0 Å². The fraction of sp³-hybridized carbons (Fsp3) is 0.571. The summed E-state index contributed by atoms with van der Waals surface area (Å²) < 4.78 is 0. The van der Waals surface area contributed by atoms with Crippen LogP contribution in [0, 0.1) is 0 Å². The van der Waals surface area contributed by atoms with E-state index in [2.05, 4.69) is 31.8 Å². The van der Waals surface area contributed by atoms with Crippen LogP contribution in [0.25, 0.3) is 0 Å². The van der Waals surface area contributed by atoms with Crippen molar-refractivity contribution >= 4 is 44.8 Å². The van der Waals surface area contributed by atoms with Gasteiger partial charge < -0.3 is 4.90 Å². The van der Waals surface area contributed by atoms with Crippen molar-refractivity contribution in [3.05, 3.63) is 28.2 Å². The van der Waals surface area contributed by atoms with Crippen LogP contribution in [-0.2, 0) is 0 Å². The molecule has 1 aliphatic heterocycles. The predicted octanol–water partition coefficient (Wildman–Crippen LogP) is 4.29. The number of hydrogen-bond donors (Lipinski definition) is 0. The number of rotatable bonds is 5. The lowest BCUT2D eigenvalue weighted by atomic mass is 10.2. The summed E-state index contributed by atoms with van der Waals surface area (Å²) >= 11 is 15.8. The van der Waals surface area contributed by atoms with E-state index >= 15 is 0 Å². The van der Waals surface area contributed by atoms with Gasteiger partial charge in [-0.15, -0.1) is 0 Å². The minimum Gasteiger partial charge on any atom is -0.368 e. The Hall–Kier alpha value is 0.0400. The van der Waals surface area contributed by atoms with Gasteiger partial charge in [0, 0.05) is 31.5 Å². The summed E-state index contributed by atoms with van der Waals surface area (Å²) in [7, 11) is 0. The number of alkyl halides is 1. The molecule has 0 amide bonds. The minimum absolute atomic E-state index is 0.638. The van der Waals surface area contributed by atoms with Crippen LogP contribution in [0.15, 0.2) is 18.2 Å². The van der Waals surface area contributed by atoms with Crippen molar-refractivity contribution < 1.29 is 0 Å². The van der Waals surface area contributed by atoms with Crippen molar-refractivity contribution in [2.24, 2.45) is 0 Å². The van der Waals surface area contributed by atoms with Crippen molar-refractivity contribution in [1.82, 2.24) is 4.90 Å². The highest BCUT2D eigenvalue weighted by molar-refractivity contribution is 9.09. The lowest BCUT2D eigenvalue weighted by molar-refractivity contribution is 0.254. The number of piperazine rings is 1.